The van der Waals surface area contributed by atoms with Crippen molar-refractivity contribution in [3.05, 3.63) is 76.3 Å². The molecule has 2 aromatic carbocycles. The van der Waals surface area contributed by atoms with E-state index in [9.17, 15) is 4.79 Å². The van der Waals surface area contributed by atoms with E-state index in [1.54, 1.807) is 23.9 Å². The number of aryl methyl sites for hydroxylation is 3. The van der Waals surface area contributed by atoms with E-state index >= 15 is 0 Å². The minimum atomic E-state index is -0.0134. The number of amides is 1. The fourth-order valence-corrected chi connectivity index (χ4v) is 4.91. The zero-order chi connectivity index (χ0) is 20.4. The van der Waals surface area contributed by atoms with Crippen LogP contribution in [0.15, 0.2) is 59.6 Å². The zero-order valence-corrected chi connectivity index (χ0v) is 18.7. The van der Waals surface area contributed by atoms with Crippen LogP contribution in [0.1, 0.15) is 27.9 Å². The maximum atomic E-state index is 13.5. The van der Waals surface area contributed by atoms with Crippen molar-refractivity contribution in [2.75, 3.05) is 11.4 Å². The third-order valence-corrected chi connectivity index (χ3v) is 6.18. The van der Waals surface area contributed by atoms with E-state index in [1.165, 1.54) is 0 Å². The van der Waals surface area contributed by atoms with Gasteiger partial charge in [-0.3, -0.25) is 9.69 Å². The van der Waals surface area contributed by atoms with Gasteiger partial charge in [-0.25, -0.2) is 9.97 Å². The van der Waals surface area contributed by atoms with E-state index in [4.69, 9.17) is 4.98 Å². The Morgan fingerprint density at radius 2 is 1.97 bits per heavy atom. The van der Waals surface area contributed by atoms with Gasteiger partial charge in [-0.2, -0.15) is 0 Å². The highest BCUT2D eigenvalue weighted by atomic mass is 79.9. The SMILES string of the molecule is Cc1cc(C)cc(C(=O)N(CCCn2ccnc2)c2nc3ccc(Br)cc3s2)c1. The van der Waals surface area contributed by atoms with Crippen molar-refractivity contribution in [2.45, 2.75) is 26.8 Å². The van der Waals surface area contributed by atoms with E-state index in [0.29, 0.717) is 12.1 Å². The van der Waals surface area contributed by atoms with E-state index in [-0.39, 0.29) is 5.91 Å². The van der Waals surface area contributed by atoms with Crippen molar-refractivity contribution in [3.63, 3.8) is 0 Å². The topological polar surface area (TPSA) is 51.0 Å². The van der Waals surface area contributed by atoms with Crippen molar-refractivity contribution >= 4 is 48.5 Å². The van der Waals surface area contributed by atoms with Gasteiger partial charge in [0.2, 0.25) is 0 Å². The van der Waals surface area contributed by atoms with Gasteiger partial charge >= 0.3 is 0 Å². The van der Waals surface area contributed by atoms with Crippen LogP contribution in [0, 0.1) is 13.8 Å². The average molecular weight is 469 g/mol. The minimum absolute atomic E-state index is 0.0134. The van der Waals surface area contributed by atoms with E-state index in [1.807, 2.05) is 59.8 Å². The van der Waals surface area contributed by atoms with Crippen molar-refractivity contribution in [3.8, 4) is 0 Å². The van der Waals surface area contributed by atoms with Gasteiger partial charge in [0, 0.05) is 35.5 Å². The summed E-state index contributed by atoms with van der Waals surface area (Å²) >= 11 is 5.06. The van der Waals surface area contributed by atoms with Crippen LogP contribution in [0.5, 0.6) is 0 Å². The average Bonchev–Trinajstić information content (AvgIpc) is 3.33. The third-order valence-electron chi connectivity index (χ3n) is 4.64. The van der Waals surface area contributed by atoms with E-state index < -0.39 is 0 Å². The Bertz CT molecular complexity index is 1130. The molecule has 29 heavy (non-hydrogen) atoms. The monoisotopic (exact) mass is 468 g/mol. The molecule has 0 radical (unpaired) electrons. The van der Waals surface area contributed by atoms with Crippen molar-refractivity contribution in [1.29, 1.82) is 0 Å². The fraction of sp³-hybridized carbons (Fsp3) is 0.227. The molecule has 4 rings (SSSR count). The Hall–Kier alpha value is -2.51. The minimum Gasteiger partial charge on any atom is -0.337 e. The van der Waals surface area contributed by atoms with Crippen LogP contribution in [0.2, 0.25) is 0 Å². The molecule has 0 saturated heterocycles. The summed E-state index contributed by atoms with van der Waals surface area (Å²) in [6.07, 6.45) is 6.31. The standard InChI is InChI=1S/C22H21BrN4OS/c1-15-10-16(2)12-17(11-15)21(28)27(8-3-7-26-9-6-24-14-26)22-25-19-5-4-18(23)13-20(19)29-22/h4-6,9-14H,3,7-8H2,1-2H3. The second-order valence-corrected chi connectivity index (χ2v) is 9.02. The van der Waals surface area contributed by atoms with Gasteiger partial charge in [0.1, 0.15) is 0 Å². The molecule has 0 fully saturated rings. The normalized spacial score (nSPS) is 11.1. The van der Waals surface area contributed by atoms with Crippen molar-refractivity contribution in [2.24, 2.45) is 0 Å². The number of thiazole rings is 1. The predicted molar refractivity (Wildman–Crippen MR) is 122 cm³/mol. The van der Waals surface area contributed by atoms with Crippen molar-refractivity contribution < 1.29 is 4.79 Å². The molecule has 0 spiro atoms. The first kappa shape index (κ1) is 19.8. The quantitative estimate of drug-likeness (QED) is 0.369. The molecule has 4 aromatic rings. The number of carbonyl (C=O) groups is 1. The molecule has 2 aromatic heterocycles. The Morgan fingerprint density at radius 3 is 2.69 bits per heavy atom. The lowest BCUT2D eigenvalue weighted by molar-refractivity contribution is 0.0986. The van der Waals surface area contributed by atoms with Crippen LogP contribution in [-0.2, 0) is 6.54 Å². The fourth-order valence-electron chi connectivity index (χ4n) is 3.37. The number of halogens is 1. The number of benzene rings is 2. The van der Waals surface area contributed by atoms with Crippen LogP contribution in [0.25, 0.3) is 10.2 Å². The first-order valence-corrected chi connectivity index (χ1v) is 11.0. The summed E-state index contributed by atoms with van der Waals surface area (Å²) in [6, 6.07) is 12.0. The van der Waals surface area contributed by atoms with Gasteiger partial charge in [0.05, 0.1) is 16.5 Å². The Kier molecular flexibility index (Phi) is 5.78. The van der Waals surface area contributed by atoms with Gasteiger partial charge < -0.3 is 4.57 Å². The first-order chi connectivity index (χ1) is 14.0. The number of hydrogen-bond donors (Lipinski definition) is 0. The largest absolute Gasteiger partial charge is 0.337 e. The lowest BCUT2D eigenvalue weighted by atomic mass is 10.1. The highest BCUT2D eigenvalue weighted by Crippen LogP contribution is 2.32. The predicted octanol–water partition coefficient (Wildman–Crippen LogP) is 5.61. The molecular formula is C22H21BrN4OS. The molecule has 0 unspecified atom stereocenters. The third kappa shape index (κ3) is 4.57. The molecule has 148 valence electrons. The van der Waals surface area contributed by atoms with Gasteiger partial charge in [0.25, 0.3) is 5.91 Å². The van der Waals surface area contributed by atoms with Gasteiger partial charge in [-0.1, -0.05) is 44.5 Å². The van der Waals surface area contributed by atoms with Crippen LogP contribution < -0.4 is 4.90 Å². The number of imidazole rings is 1. The van der Waals surface area contributed by atoms with Crippen LogP contribution in [0.4, 0.5) is 5.13 Å². The summed E-state index contributed by atoms with van der Waals surface area (Å²) in [7, 11) is 0. The van der Waals surface area contributed by atoms with E-state index in [0.717, 1.165) is 43.9 Å². The summed E-state index contributed by atoms with van der Waals surface area (Å²) in [6.45, 7) is 5.42. The highest BCUT2D eigenvalue weighted by Gasteiger charge is 2.21. The molecule has 0 bridgehead atoms. The Morgan fingerprint density at radius 1 is 1.17 bits per heavy atom. The zero-order valence-electron chi connectivity index (χ0n) is 16.3. The summed E-state index contributed by atoms with van der Waals surface area (Å²) in [5, 5.41) is 0.730. The number of rotatable bonds is 6. The number of carbonyl (C=O) groups excluding carboxylic acids is 1. The Balaban J connectivity index is 1.65. The van der Waals surface area contributed by atoms with Crippen molar-refractivity contribution in [1.82, 2.24) is 14.5 Å². The number of fused-ring (bicyclic) bond motifs is 1. The maximum absolute atomic E-state index is 13.5. The highest BCUT2D eigenvalue weighted by molar-refractivity contribution is 9.10. The molecule has 0 aliphatic heterocycles. The lowest BCUT2D eigenvalue weighted by Crippen LogP contribution is -2.32. The summed E-state index contributed by atoms with van der Waals surface area (Å²) in [5.41, 5.74) is 3.77. The maximum Gasteiger partial charge on any atom is 0.260 e. The van der Waals surface area contributed by atoms with Gasteiger partial charge in [0.15, 0.2) is 5.13 Å². The smallest absolute Gasteiger partial charge is 0.260 e. The molecule has 0 N–H and O–H groups in total. The summed E-state index contributed by atoms with van der Waals surface area (Å²) < 4.78 is 4.09. The van der Waals surface area contributed by atoms with Gasteiger partial charge in [-0.05, 0) is 50.6 Å². The summed E-state index contributed by atoms with van der Waals surface area (Å²) in [5.74, 6) is -0.0134. The first-order valence-electron chi connectivity index (χ1n) is 9.41. The molecule has 5 nitrogen and oxygen atoms in total. The molecule has 0 aliphatic rings. The number of anilines is 1. The summed E-state index contributed by atoms with van der Waals surface area (Å²) in [4.78, 5) is 24.1. The number of aromatic nitrogens is 3. The second kappa shape index (κ2) is 8.47. The number of nitrogens with zero attached hydrogens (tertiary/aromatic N) is 4. The Labute approximate surface area is 182 Å². The molecule has 1 amide bonds. The number of hydrogen-bond acceptors (Lipinski definition) is 4. The van der Waals surface area contributed by atoms with Crippen LogP contribution >= 0.6 is 27.3 Å². The molecule has 0 aliphatic carbocycles. The van der Waals surface area contributed by atoms with Crippen LogP contribution in [0.3, 0.4) is 0 Å². The molecule has 0 atom stereocenters. The van der Waals surface area contributed by atoms with Crippen LogP contribution in [-0.4, -0.2) is 27.0 Å². The molecule has 7 heteroatoms. The van der Waals surface area contributed by atoms with E-state index in [2.05, 4.69) is 27.0 Å². The molecule has 0 saturated carbocycles. The second-order valence-electron chi connectivity index (χ2n) is 7.10. The molecular weight excluding hydrogens is 448 g/mol. The lowest BCUT2D eigenvalue weighted by Gasteiger charge is -2.20. The van der Waals surface area contributed by atoms with Gasteiger partial charge in [-0.15, -0.1) is 0 Å². The molecule has 2 heterocycles.